The molecule has 2 aromatic rings. The van der Waals surface area contributed by atoms with Crippen molar-refractivity contribution in [1.82, 2.24) is 9.88 Å². The van der Waals surface area contributed by atoms with E-state index in [-0.39, 0.29) is 11.8 Å². The summed E-state index contributed by atoms with van der Waals surface area (Å²) < 4.78 is 1.07. The number of nitrogens with one attached hydrogen (secondary N) is 1. The van der Waals surface area contributed by atoms with Crippen LogP contribution in [0.5, 0.6) is 0 Å². The van der Waals surface area contributed by atoms with Crippen molar-refractivity contribution in [2.45, 2.75) is 13.3 Å². The highest BCUT2D eigenvalue weighted by molar-refractivity contribution is 7.22. The molecule has 0 spiro atoms. The third-order valence-electron chi connectivity index (χ3n) is 3.47. The number of aromatic nitrogens is 1. The summed E-state index contributed by atoms with van der Waals surface area (Å²) in [6.45, 7) is 3.20. The minimum absolute atomic E-state index is 0.0430. The number of hydrogen-bond acceptors (Lipinski definition) is 5. The van der Waals surface area contributed by atoms with E-state index in [1.54, 1.807) is 4.90 Å². The number of aryl methyl sites for hydroxylation is 1. The minimum atomic E-state index is -0.122. The van der Waals surface area contributed by atoms with Crippen LogP contribution in [0.2, 0.25) is 0 Å². The van der Waals surface area contributed by atoms with Crippen LogP contribution in [0.4, 0.5) is 5.13 Å². The van der Waals surface area contributed by atoms with Gasteiger partial charge < -0.3 is 10.2 Å². The Balaban J connectivity index is 1.73. The highest BCUT2D eigenvalue weighted by Crippen LogP contribution is 2.27. The lowest BCUT2D eigenvalue weighted by Crippen LogP contribution is -2.25. The van der Waals surface area contributed by atoms with Crippen LogP contribution in [-0.4, -0.2) is 28.9 Å². The predicted molar refractivity (Wildman–Crippen MR) is 78.3 cm³/mol. The fraction of sp³-hybridized carbons (Fsp3) is 0.357. The minimum Gasteiger partial charge on any atom is -0.310 e. The van der Waals surface area contributed by atoms with Gasteiger partial charge in [-0.05, 0) is 31.0 Å². The standard InChI is InChI=1S/C14H14N4OS/c1-9-2-3-11-12(6-9)20-14(16-11)17-13(19)10-4-5-18(7-10)8-15/h2-3,6,10H,4-5,7H2,1H3,(H,16,17,19). The molecule has 1 fully saturated rings. The van der Waals surface area contributed by atoms with Gasteiger partial charge in [0.25, 0.3) is 0 Å². The largest absolute Gasteiger partial charge is 0.310 e. The van der Waals surface area contributed by atoms with Crippen molar-refractivity contribution in [2.24, 2.45) is 5.92 Å². The van der Waals surface area contributed by atoms with Crippen molar-refractivity contribution in [3.63, 3.8) is 0 Å². The van der Waals surface area contributed by atoms with Crippen molar-refractivity contribution >= 4 is 32.6 Å². The molecule has 0 saturated carbocycles. The van der Waals surface area contributed by atoms with E-state index in [0.717, 1.165) is 16.6 Å². The third kappa shape index (κ3) is 2.45. The van der Waals surface area contributed by atoms with Gasteiger partial charge in [0.2, 0.25) is 5.91 Å². The number of nitrogens with zero attached hydrogens (tertiary/aromatic N) is 3. The molecule has 1 saturated heterocycles. The highest BCUT2D eigenvalue weighted by atomic mass is 32.1. The number of rotatable bonds is 2. The summed E-state index contributed by atoms with van der Waals surface area (Å²) in [5.74, 6) is -0.165. The molecule has 1 atom stereocenters. The molecule has 3 rings (SSSR count). The number of anilines is 1. The number of amides is 1. The van der Waals surface area contributed by atoms with Gasteiger partial charge in [0, 0.05) is 13.1 Å². The van der Waals surface area contributed by atoms with E-state index in [9.17, 15) is 4.79 Å². The van der Waals surface area contributed by atoms with E-state index in [4.69, 9.17) is 5.26 Å². The molecular formula is C14H14N4OS. The Morgan fingerprint density at radius 1 is 1.60 bits per heavy atom. The molecule has 0 aliphatic carbocycles. The van der Waals surface area contributed by atoms with Crippen molar-refractivity contribution in [2.75, 3.05) is 18.4 Å². The second kappa shape index (κ2) is 5.10. The van der Waals surface area contributed by atoms with Gasteiger partial charge in [-0.3, -0.25) is 4.79 Å². The molecule has 1 amide bonds. The molecule has 1 aromatic carbocycles. The molecule has 1 aliphatic rings. The maximum Gasteiger partial charge on any atom is 0.231 e. The molecule has 1 unspecified atom stereocenters. The zero-order valence-electron chi connectivity index (χ0n) is 11.1. The summed E-state index contributed by atoms with van der Waals surface area (Å²) in [5.41, 5.74) is 2.08. The van der Waals surface area contributed by atoms with Crippen LogP contribution >= 0.6 is 11.3 Å². The summed E-state index contributed by atoms with van der Waals surface area (Å²) >= 11 is 1.48. The molecule has 6 heteroatoms. The molecule has 2 heterocycles. The first-order valence-electron chi connectivity index (χ1n) is 6.48. The molecule has 0 bridgehead atoms. The second-order valence-corrected chi connectivity index (χ2v) is 6.04. The van der Waals surface area contributed by atoms with Crippen molar-refractivity contribution in [3.8, 4) is 6.19 Å². The average Bonchev–Trinajstić information content (AvgIpc) is 3.03. The lowest BCUT2D eigenvalue weighted by molar-refractivity contribution is -0.119. The number of carbonyl (C=O) groups is 1. The fourth-order valence-corrected chi connectivity index (χ4v) is 3.32. The molecule has 0 radical (unpaired) electrons. The molecule has 1 aromatic heterocycles. The normalized spacial score (nSPS) is 18.2. The smallest absolute Gasteiger partial charge is 0.231 e. The Bertz CT molecular complexity index is 703. The van der Waals surface area contributed by atoms with Crippen LogP contribution < -0.4 is 5.32 Å². The van der Waals surface area contributed by atoms with Crippen LogP contribution in [0, 0.1) is 24.3 Å². The quantitative estimate of drug-likeness (QED) is 0.860. The SMILES string of the molecule is Cc1ccc2nc(NC(=O)C3CCN(C#N)C3)sc2c1. The monoisotopic (exact) mass is 286 g/mol. The maximum absolute atomic E-state index is 12.1. The molecule has 5 nitrogen and oxygen atoms in total. The first kappa shape index (κ1) is 12.9. The Labute approximate surface area is 120 Å². The third-order valence-corrected chi connectivity index (χ3v) is 4.41. The molecule has 1 N–H and O–H groups in total. The number of thiazole rings is 1. The summed E-state index contributed by atoms with van der Waals surface area (Å²) in [7, 11) is 0. The summed E-state index contributed by atoms with van der Waals surface area (Å²) in [4.78, 5) is 18.2. The summed E-state index contributed by atoms with van der Waals surface area (Å²) in [6, 6.07) is 6.04. The summed E-state index contributed by atoms with van der Waals surface area (Å²) in [5, 5.41) is 12.3. The van der Waals surface area contributed by atoms with Gasteiger partial charge in [-0.1, -0.05) is 17.4 Å². The lowest BCUT2D eigenvalue weighted by Gasteiger charge is -2.08. The van der Waals surface area contributed by atoms with Crippen molar-refractivity contribution in [3.05, 3.63) is 23.8 Å². The van der Waals surface area contributed by atoms with Gasteiger partial charge in [0.15, 0.2) is 11.3 Å². The Morgan fingerprint density at radius 3 is 3.20 bits per heavy atom. The average molecular weight is 286 g/mol. The van der Waals surface area contributed by atoms with Gasteiger partial charge in [-0.15, -0.1) is 0 Å². The van der Waals surface area contributed by atoms with E-state index < -0.39 is 0 Å². The zero-order valence-corrected chi connectivity index (χ0v) is 11.9. The Morgan fingerprint density at radius 2 is 2.45 bits per heavy atom. The zero-order chi connectivity index (χ0) is 14.1. The number of benzene rings is 1. The van der Waals surface area contributed by atoms with Crippen LogP contribution in [0.3, 0.4) is 0 Å². The molecular weight excluding hydrogens is 272 g/mol. The second-order valence-electron chi connectivity index (χ2n) is 5.01. The van der Waals surface area contributed by atoms with Crippen LogP contribution in [0.25, 0.3) is 10.2 Å². The number of carbonyl (C=O) groups excluding carboxylic acids is 1. The van der Waals surface area contributed by atoms with Gasteiger partial charge in [-0.2, -0.15) is 5.26 Å². The van der Waals surface area contributed by atoms with Gasteiger partial charge in [-0.25, -0.2) is 4.98 Å². The van der Waals surface area contributed by atoms with Gasteiger partial charge >= 0.3 is 0 Å². The van der Waals surface area contributed by atoms with Crippen LogP contribution in [0.1, 0.15) is 12.0 Å². The van der Waals surface area contributed by atoms with E-state index in [0.29, 0.717) is 18.2 Å². The van der Waals surface area contributed by atoms with Crippen LogP contribution in [0.15, 0.2) is 18.2 Å². The van der Waals surface area contributed by atoms with E-state index >= 15 is 0 Å². The topological polar surface area (TPSA) is 69.0 Å². The maximum atomic E-state index is 12.1. The van der Waals surface area contributed by atoms with E-state index in [2.05, 4.69) is 22.6 Å². The van der Waals surface area contributed by atoms with Gasteiger partial charge in [0.05, 0.1) is 16.1 Å². The number of hydrogen-bond donors (Lipinski definition) is 1. The number of likely N-dealkylation sites (tertiary alicyclic amines) is 1. The Hall–Kier alpha value is -2.13. The van der Waals surface area contributed by atoms with Crippen LogP contribution in [-0.2, 0) is 4.79 Å². The Kier molecular flexibility index (Phi) is 3.28. The molecule has 102 valence electrons. The first-order chi connectivity index (χ1) is 9.65. The predicted octanol–water partition coefficient (Wildman–Crippen LogP) is 2.35. The number of nitriles is 1. The fourth-order valence-electron chi connectivity index (χ4n) is 2.36. The summed E-state index contributed by atoms with van der Waals surface area (Å²) in [6.07, 6.45) is 2.81. The van der Waals surface area contributed by atoms with E-state index in [1.807, 2.05) is 19.1 Å². The highest BCUT2D eigenvalue weighted by Gasteiger charge is 2.28. The molecule has 20 heavy (non-hydrogen) atoms. The number of fused-ring (bicyclic) bond motifs is 1. The molecule has 1 aliphatic heterocycles. The van der Waals surface area contributed by atoms with Crippen molar-refractivity contribution in [1.29, 1.82) is 5.26 Å². The lowest BCUT2D eigenvalue weighted by atomic mass is 10.1. The van der Waals surface area contributed by atoms with Crippen molar-refractivity contribution < 1.29 is 4.79 Å². The van der Waals surface area contributed by atoms with Gasteiger partial charge in [0.1, 0.15) is 0 Å². The van der Waals surface area contributed by atoms with E-state index in [1.165, 1.54) is 16.9 Å². The first-order valence-corrected chi connectivity index (χ1v) is 7.30.